The van der Waals surface area contributed by atoms with Crippen molar-refractivity contribution in [2.24, 2.45) is 11.7 Å². The van der Waals surface area contributed by atoms with Crippen molar-refractivity contribution in [2.75, 3.05) is 6.54 Å². The smallest absolute Gasteiger partial charge is 0.0457 e. The van der Waals surface area contributed by atoms with Gasteiger partial charge in [0, 0.05) is 23.1 Å². The fraction of sp³-hybridized carbons (Fsp3) is 0.571. The Labute approximate surface area is 112 Å². The first kappa shape index (κ1) is 13.1. The molecule has 94 valence electrons. The fourth-order valence-corrected chi connectivity index (χ4v) is 3.25. The monoisotopic (exact) mass is 296 g/mol. The molecule has 1 saturated carbocycles. The third-order valence-corrected chi connectivity index (χ3v) is 4.37. The first-order valence-electron chi connectivity index (χ1n) is 6.41. The second-order valence-corrected chi connectivity index (χ2v) is 5.95. The maximum Gasteiger partial charge on any atom is 0.0457 e. The van der Waals surface area contributed by atoms with Gasteiger partial charge < -0.3 is 11.1 Å². The minimum atomic E-state index is 0.265. The van der Waals surface area contributed by atoms with Crippen LogP contribution in [-0.2, 0) is 0 Å². The van der Waals surface area contributed by atoms with Gasteiger partial charge in [-0.1, -0.05) is 41.1 Å². The third-order valence-electron chi connectivity index (χ3n) is 3.65. The van der Waals surface area contributed by atoms with Gasteiger partial charge in [0.1, 0.15) is 0 Å². The van der Waals surface area contributed by atoms with E-state index in [2.05, 4.69) is 46.4 Å². The Morgan fingerprint density at radius 1 is 1.41 bits per heavy atom. The number of nitrogens with one attached hydrogen (secondary N) is 1. The minimum absolute atomic E-state index is 0.265. The van der Waals surface area contributed by atoms with E-state index in [0.29, 0.717) is 12.6 Å². The van der Waals surface area contributed by atoms with Crippen LogP contribution >= 0.6 is 15.9 Å². The molecule has 3 N–H and O–H groups in total. The first-order valence-corrected chi connectivity index (χ1v) is 7.20. The normalized spacial score (nSPS) is 26.1. The summed E-state index contributed by atoms with van der Waals surface area (Å²) >= 11 is 3.60. The van der Waals surface area contributed by atoms with Gasteiger partial charge >= 0.3 is 0 Å². The van der Waals surface area contributed by atoms with E-state index in [1.54, 1.807) is 0 Å². The molecular formula is C14H21BrN2. The van der Waals surface area contributed by atoms with Gasteiger partial charge in [0.2, 0.25) is 0 Å². The number of hydrogen-bond donors (Lipinski definition) is 2. The van der Waals surface area contributed by atoms with Gasteiger partial charge in [0.05, 0.1) is 0 Å². The molecule has 0 amide bonds. The highest BCUT2D eigenvalue weighted by Crippen LogP contribution is 2.28. The van der Waals surface area contributed by atoms with Crippen LogP contribution in [0, 0.1) is 5.92 Å². The summed E-state index contributed by atoms with van der Waals surface area (Å²) in [5.74, 6) is 0.852. The summed E-state index contributed by atoms with van der Waals surface area (Å²) in [6.45, 7) is 2.98. The maximum atomic E-state index is 5.90. The third kappa shape index (κ3) is 3.30. The van der Waals surface area contributed by atoms with Crippen molar-refractivity contribution >= 4 is 15.9 Å². The zero-order valence-corrected chi connectivity index (χ0v) is 11.9. The number of rotatable bonds is 4. The number of nitrogens with two attached hydrogens (primary N) is 1. The van der Waals surface area contributed by atoms with E-state index in [1.165, 1.54) is 24.8 Å². The Hall–Kier alpha value is -0.380. The van der Waals surface area contributed by atoms with Gasteiger partial charge in [-0.3, -0.25) is 0 Å². The average molecular weight is 297 g/mol. The van der Waals surface area contributed by atoms with Crippen LogP contribution < -0.4 is 11.1 Å². The number of hydrogen-bond acceptors (Lipinski definition) is 2. The molecule has 0 aromatic heterocycles. The predicted molar refractivity (Wildman–Crippen MR) is 75.9 cm³/mol. The Morgan fingerprint density at radius 3 is 2.76 bits per heavy atom. The summed E-state index contributed by atoms with van der Waals surface area (Å²) < 4.78 is 1.15. The van der Waals surface area contributed by atoms with E-state index in [1.807, 2.05) is 6.07 Å². The van der Waals surface area contributed by atoms with Crippen LogP contribution in [0.15, 0.2) is 28.7 Å². The summed E-state index contributed by atoms with van der Waals surface area (Å²) in [5, 5.41) is 3.70. The lowest BCUT2D eigenvalue weighted by Gasteiger charge is -2.23. The molecule has 2 nitrogen and oxygen atoms in total. The number of halogens is 1. The molecule has 1 aliphatic carbocycles. The maximum absolute atomic E-state index is 5.90. The van der Waals surface area contributed by atoms with Crippen LogP contribution in [0.25, 0.3) is 0 Å². The largest absolute Gasteiger partial charge is 0.329 e. The second-order valence-electron chi connectivity index (χ2n) is 5.09. The van der Waals surface area contributed by atoms with Crippen molar-refractivity contribution in [2.45, 2.75) is 38.3 Å². The fourth-order valence-electron chi connectivity index (χ4n) is 2.69. The van der Waals surface area contributed by atoms with E-state index < -0.39 is 0 Å². The van der Waals surface area contributed by atoms with Gasteiger partial charge in [-0.2, -0.15) is 0 Å². The zero-order chi connectivity index (χ0) is 12.3. The summed E-state index contributed by atoms with van der Waals surface area (Å²) in [7, 11) is 0. The van der Waals surface area contributed by atoms with Crippen molar-refractivity contribution in [1.82, 2.24) is 5.32 Å². The highest BCUT2D eigenvalue weighted by atomic mass is 79.9. The topological polar surface area (TPSA) is 38.0 Å². The van der Waals surface area contributed by atoms with Crippen LogP contribution in [0.2, 0.25) is 0 Å². The Bertz CT molecular complexity index is 367. The summed E-state index contributed by atoms with van der Waals surface area (Å²) in [4.78, 5) is 0. The molecule has 3 unspecified atom stereocenters. The van der Waals surface area contributed by atoms with Gasteiger partial charge in [0.25, 0.3) is 0 Å². The van der Waals surface area contributed by atoms with Crippen LogP contribution in [0.4, 0.5) is 0 Å². The van der Waals surface area contributed by atoms with Crippen molar-refractivity contribution < 1.29 is 0 Å². The molecule has 1 aromatic carbocycles. The van der Waals surface area contributed by atoms with Crippen molar-refractivity contribution in [3.63, 3.8) is 0 Å². The van der Waals surface area contributed by atoms with Crippen molar-refractivity contribution in [1.29, 1.82) is 0 Å². The van der Waals surface area contributed by atoms with E-state index in [0.717, 1.165) is 10.4 Å². The molecule has 0 bridgehead atoms. The zero-order valence-electron chi connectivity index (χ0n) is 10.3. The summed E-state index contributed by atoms with van der Waals surface area (Å²) in [5.41, 5.74) is 7.18. The van der Waals surface area contributed by atoms with Crippen LogP contribution in [0.3, 0.4) is 0 Å². The SMILES string of the molecule is CC1CCC(NC(CN)c2ccccc2Br)C1. The lowest BCUT2D eigenvalue weighted by Crippen LogP contribution is -2.35. The van der Waals surface area contributed by atoms with Gasteiger partial charge in [0.15, 0.2) is 0 Å². The van der Waals surface area contributed by atoms with E-state index >= 15 is 0 Å². The lowest BCUT2D eigenvalue weighted by molar-refractivity contribution is 0.433. The van der Waals surface area contributed by atoms with E-state index in [9.17, 15) is 0 Å². The quantitative estimate of drug-likeness (QED) is 0.895. The van der Waals surface area contributed by atoms with Crippen LogP contribution in [0.5, 0.6) is 0 Å². The molecule has 17 heavy (non-hydrogen) atoms. The Morgan fingerprint density at radius 2 is 2.18 bits per heavy atom. The van der Waals surface area contributed by atoms with Crippen molar-refractivity contribution in [3.05, 3.63) is 34.3 Å². The molecule has 3 atom stereocenters. The summed E-state index contributed by atoms with van der Waals surface area (Å²) in [6.07, 6.45) is 3.90. The Kier molecular flexibility index (Phi) is 4.60. The van der Waals surface area contributed by atoms with E-state index in [-0.39, 0.29) is 6.04 Å². The first-order chi connectivity index (χ1) is 8.20. The lowest BCUT2D eigenvalue weighted by atomic mass is 10.1. The van der Waals surface area contributed by atoms with Crippen LogP contribution in [0.1, 0.15) is 37.8 Å². The second kappa shape index (κ2) is 5.98. The molecular weight excluding hydrogens is 276 g/mol. The molecule has 3 heteroatoms. The van der Waals surface area contributed by atoms with Crippen LogP contribution in [-0.4, -0.2) is 12.6 Å². The molecule has 0 spiro atoms. The van der Waals surface area contributed by atoms with Crippen molar-refractivity contribution in [3.8, 4) is 0 Å². The molecule has 1 aromatic rings. The number of benzene rings is 1. The molecule has 0 saturated heterocycles. The molecule has 1 fully saturated rings. The van der Waals surface area contributed by atoms with Gasteiger partial charge in [-0.15, -0.1) is 0 Å². The molecule has 1 aliphatic rings. The van der Waals surface area contributed by atoms with E-state index in [4.69, 9.17) is 5.73 Å². The molecule has 0 radical (unpaired) electrons. The Balaban J connectivity index is 2.04. The highest BCUT2D eigenvalue weighted by Gasteiger charge is 2.24. The predicted octanol–water partition coefficient (Wildman–Crippen LogP) is 3.23. The minimum Gasteiger partial charge on any atom is -0.329 e. The molecule has 0 heterocycles. The summed E-state index contributed by atoms with van der Waals surface area (Å²) in [6, 6.07) is 9.23. The standard InChI is InChI=1S/C14H21BrN2/c1-10-6-7-11(8-10)17-14(9-16)12-4-2-3-5-13(12)15/h2-5,10-11,14,17H,6-9,16H2,1H3. The molecule has 0 aliphatic heterocycles. The van der Waals surface area contributed by atoms with Gasteiger partial charge in [-0.05, 0) is 36.8 Å². The highest BCUT2D eigenvalue weighted by molar-refractivity contribution is 9.10. The van der Waals surface area contributed by atoms with Gasteiger partial charge in [-0.25, -0.2) is 0 Å². The average Bonchev–Trinajstić information content (AvgIpc) is 2.73. The molecule has 2 rings (SSSR count).